The first-order chi connectivity index (χ1) is 12.7. The average Bonchev–Trinajstić information content (AvgIpc) is 2.59. The van der Waals surface area contributed by atoms with E-state index in [-0.39, 0.29) is 18.0 Å². The largest absolute Gasteiger partial charge is 0.418 e. The van der Waals surface area contributed by atoms with Crippen LogP contribution in [-0.4, -0.2) is 11.8 Å². The number of benzene rings is 2. The summed E-state index contributed by atoms with van der Waals surface area (Å²) in [6, 6.07) is 11.5. The first-order valence-electron chi connectivity index (χ1n) is 8.21. The summed E-state index contributed by atoms with van der Waals surface area (Å²) < 4.78 is 38.9. The maximum Gasteiger partial charge on any atom is 0.418 e. The molecule has 0 aromatic heterocycles. The molecule has 1 atom stereocenters. The second-order valence-corrected chi connectivity index (χ2v) is 6.08. The molecule has 0 aliphatic carbocycles. The number of alkyl halides is 3. The van der Waals surface area contributed by atoms with E-state index in [0.717, 1.165) is 17.2 Å². The Balaban J connectivity index is 2.06. The van der Waals surface area contributed by atoms with E-state index in [0.29, 0.717) is 0 Å². The molecule has 2 amide bonds. The number of carbonyl (C=O) groups is 2. The lowest BCUT2D eigenvalue weighted by Gasteiger charge is -2.19. The fourth-order valence-electron chi connectivity index (χ4n) is 2.51. The zero-order valence-electron chi connectivity index (χ0n) is 14.9. The number of nitrogens with one attached hydrogen (secondary N) is 3. The second-order valence-electron chi connectivity index (χ2n) is 6.08. The molecule has 0 saturated heterocycles. The number of anilines is 1. The van der Waals surface area contributed by atoms with Gasteiger partial charge < -0.3 is 5.32 Å². The van der Waals surface area contributed by atoms with Gasteiger partial charge in [-0.25, -0.2) is 0 Å². The van der Waals surface area contributed by atoms with Crippen molar-refractivity contribution in [2.75, 3.05) is 5.43 Å². The molecule has 144 valence electrons. The molecule has 27 heavy (non-hydrogen) atoms. The van der Waals surface area contributed by atoms with Crippen LogP contribution in [0, 0.1) is 6.92 Å². The van der Waals surface area contributed by atoms with Crippen LogP contribution in [-0.2, 0) is 15.8 Å². The van der Waals surface area contributed by atoms with Crippen molar-refractivity contribution in [3.8, 4) is 0 Å². The number of hydrazine groups is 1. The van der Waals surface area contributed by atoms with Crippen LogP contribution in [0.1, 0.15) is 36.1 Å². The molecule has 2 aromatic rings. The molecule has 0 spiro atoms. The van der Waals surface area contributed by atoms with Gasteiger partial charge in [0.1, 0.15) is 0 Å². The van der Waals surface area contributed by atoms with Crippen molar-refractivity contribution in [2.45, 2.75) is 32.5 Å². The zero-order chi connectivity index (χ0) is 20.0. The molecule has 0 aliphatic heterocycles. The summed E-state index contributed by atoms with van der Waals surface area (Å²) in [4.78, 5) is 23.6. The summed E-state index contributed by atoms with van der Waals surface area (Å²) in [5, 5.41) is 2.67. The molecular weight excluding hydrogens is 359 g/mol. The van der Waals surface area contributed by atoms with E-state index in [1.807, 2.05) is 19.1 Å². The number of rotatable bonds is 6. The number of para-hydroxylation sites is 1. The topological polar surface area (TPSA) is 70.2 Å². The van der Waals surface area contributed by atoms with Crippen LogP contribution in [0.2, 0.25) is 0 Å². The van der Waals surface area contributed by atoms with Crippen molar-refractivity contribution in [3.05, 3.63) is 65.2 Å². The van der Waals surface area contributed by atoms with Gasteiger partial charge in [-0.2, -0.15) is 13.2 Å². The fraction of sp³-hybridized carbons (Fsp3) is 0.263. The molecule has 0 radical (unpaired) electrons. The van der Waals surface area contributed by atoms with Gasteiger partial charge in [-0.3, -0.25) is 20.4 Å². The molecular formula is C19H20F3N3O2. The van der Waals surface area contributed by atoms with Gasteiger partial charge in [-0.05, 0) is 24.6 Å². The van der Waals surface area contributed by atoms with Crippen molar-refractivity contribution < 1.29 is 22.8 Å². The summed E-state index contributed by atoms with van der Waals surface area (Å²) in [7, 11) is 0. The van der Waals surface area contributed by atoms with Gasteiger partial charge in [0.15, 0.2) is 0 Å². The van der Waals surface area contributed by atoms with Gasteiger partial charge in [0.05, 0.1) is 23.7 Å². The number of carbonyl (C=O) groups excluding carboxylic acids is 2. The van der Waals surface area contributed by atoms with Crippen LogP contribution in [0.3, 0.4) is 0 Å². The summed E-state index contributed by atoms with van der Waals surface area (Å²) in [6.07, 6.45) is -4.68. The Morgan fingerprint density at radius 2 is 1.67 bits per heavy atom. The Kier molecular flexibility index (Phi) is 6.44. The van der Waals surface area contributed by atoms with Crippen molar-refractivity contribution in [3.63, 3.8) is 0 Å². The Bertz CT molecular complexity index is 805. The SMILES string of the molecule is CC(=O)NC(CC(=O)NNc1ccccc1C(F)(F)F)c1ccc(C)cc1. The Morgan fingerprint density at radius 1 is 1.04 bits per heavy atom. The number of halogens is 3. The van der Waals surface area contributed by atoms with Crippen molar-refractivity contribution in [2.24, 2.45) is 0 Å². The third-order valence-electron chi connectivity index (χ3n) is 3.82. The van der Waals surface area contributed by atoms with Gasteiger partial charge in [-0.15, -0.1) is 0 Å². The smallest absolute Gasteiger partial charge is 0.349 e. The van der Waals surface area contributed by atoms with E-state index in [1.165, 1.54) is 25.1 Å². The molecule has 0 bridgehead atoms. The monoisotopic (exact) mass is 379 g/mol. The molecule has 1 unspecified atom stereocenters. The second kappa shape index (κ2) is 8.57. The number of aryl methyl sites for hydroxylation is 1. The first kappa shape index (κ1) is 20.3. The Hall–Kier alpha value is -3.03. The minimum Gasteiger partial charge on any atom is -0.349 e. The number of hydrogen-bond acceptors (Lipinski definition) is 3. The van der Waals surface area contributed by atoms with Gasteiger partial charge in [0.25, 0.3) is 0 Å². The van der Waals surface area contributed by atoms with Crippen molar-refractivity contribution in [1.29, 1.82) is 0 Å². The fourth-order valence-corrected chi connectivity index (χ4v) is 2.51. The summed E-state index contributed by atoms with van der Waals surface area (Å²) >= 11 is 0. The van der Waals surface area contributed by atoms with Gasteiger partial charge in [0.2, 0.25) is 11.8 Å². The average molecular weight is 379 g/mol. The molecule has 2 aromatic carbocycles. The van der Waals surface area contributed by atoms with E-state index < -0.39 is 23.7 Å². The summed E-state index contributed by atoms with van der Waals surface area (Å²) in [5.41, 5.74) is 5.16. The maximum absolute atomic E-state index is 13.0. The maximum atomic E-state index is 13.0. The van der Waals surface area contributed by atoms with Crippen LogP contribution in [0.5, 0.6) is 0 Å². The highest BCUT2D eigenvalue weighted by Gasteiger charge is 2.33. The zero-order valence-corrected chi connectivity index (χ0v) is 14.9. The van der Waals surface area contributed by atoms with Crippen LogP contribution in [0.25, 0.3) is 0 Å². The summed E-state index contributed by atoms with van der Waals surface area (Å²) in [5.74, 6) is -0.880. The lowest BCUT2D eigenvalue weighted by atomic mass is 10.0. The van der Waals surface area contributed by atoms with E-state index in [1.54, 1.807) is 12.1 Å². The minimum atomic E-state index is -4.55. The number of hydrogen-bond donors (Lipinski definition) is 3. The molecule has 2 rings (SSSR count). The van der Waals surface area contributed by atoms with Gasteiger partial charge >= 0.3 is 6.18 Å². The van der Waals surface area contributed by atoms with E-state index in [4.69, 9.17) is 0 Å². The predicted octanol–water partition coefficient (Wildman–Crippen LogP) is 3.72. The molecule has 0 heterocycles. The normalized spacial score (nSPS) is 12.2. The van der Waals surface area contributed by atoms with E-state index in [2.05, 4.69) is 16.2 Å². The van der Waals surface area contributed by atoms with Gasteiger partial charge in [-0.1, -0.05) is 42.0 Å². The van der Waals surface area contributed by atoms with Crippen LogP contribution in [0.4, 0.5) is 18.9 Å². The molecule has 5 nitrogen and oxygen atoms in total. The quantitative estimate of drug-likeness (QED) is 0.670. The van der Waals surface area contributed by atoms with Crippen molar-refractivity contribution in [1.82, 2.24) is 10.7 Å². The lowest BCUT2D eigenvalue weighted by molar-refractivity contribution is -0.137. The summed E-state index contributed by atoms with van der Waals surface area (Å²) in [6.45, 7) is 3.24. The van der Waals surface area contributed by atoms with E-state index >= 15 is 0 Å². The van der Waals surface area contributed by atoms with Crippen molar-refractivity contribution >= 4 is 17.5 Å². The highest BCUT2D eigenvalue weighted by molar-refractivity contribution is 5.80. The molecule has 0 saturated carbocycles. The molecule has 0 fully saturated rings. The minimum absolute atomic E-state index is 0.135. The Labute approximate surface area is 154 Å². The highest BCUT2D eigenvalue weighted by atomic mass is 19.4. The third-order valence-corrected chi connectivity index (χ3v) is 3.82. The van der Waals surface area contributed by atoms with Crippen LogP contribution >= 0.6 is 0 Å². The van der Waals surface area contributed by atoms with Crippen LogP contribution < -0.4 is 16.2 Å². The standard InChI is InChI=1S/C19H20F3N3O2/c1-12-7-9-14(10-8-12)17(23-13(2)26)11-18(27)25-24-16-6-4-3-5-15(16)19(20,21)22/h3-10,17,24H,11H2,1-2H3,(H,23,26)(H,25,27). The molecule has 0 aliphatic rings. The highest BCUT2D eigenvalue weighted by Crippen LogP contribution is 2.34. The Morgan fingerprint density at radius 3 is 2.26 bits per heavy atom. The lowest BCUT2D eigenvalue weighted by Crippen LogP contribution is -2.35. The van der Waals surface area contributed by atoms with E-state index in [9.17, 15) is 22.8 Å². The predicted molar refractivity (Wildman–Crippen MR) is 95.6 cm³/mol. The van der Waals surface area contributed by atoms with Gasteiger partial charge in [0, 0.05) is 6.92 Å². The van der Waals surface area contributed by atoms with Crippen LogP contribution in [0.15, 0.2) is 48.5 Å². The molecule has 8 heteroatoms. The third kappa shape index (κ3) is 6.02. The first-order valence-corrected chi connectivity index (χ1v) is 8.21. The molecule has 3 N–H and O–H groups in total. The number of amides is 2.